The summed E-state index contributed by atoms with van der Waals surface area (Å²) in [4.78, 5) is 0. The third-order valence-corrected chi connectivity index (χ3v) is 2.73. The fourth-order valence-corrected chi connectivity index (χ4v) is 1.83. The largest absolute Gasteiger partial charge is 0.473 e. The summed E-state index contributed by atoms with van der Waals surface area (Å²) < 4.78 is 44.6. The Labute approximate surface area is 113 Å². The standard InChI is InChI=1S/C13H13F3N2O2/c1-18-12(20-8-9-5-3-2-4-6-9)10(7-19)11(17-18)13(14,15)16/h2-6,19H,7-8H2,1H3. The maximum absolute atomic E-state index is 12.7. The molecule has 4 nitrogen and oxygen atoms in total. The lowest BCUT2D eigenvalue weighted by molar-refractivity contribution is -0.142. The summed E-state index contributed by atoms with van der Waals surface area (Å²) in [5, 5.41) is 12.5. The van der Waals surface area contributed by atoms with Gasteiger partial charge in [-0.05, 0) is 5.56 Å². The van der Waals surface area contributed by atoms with E-state index in [-0.39, 0.29) is 18.1 Å². The summed E-state index contributed by atoms with van der Waals surface area (Å²) in [7, 11) is 1.34. The third-order valence-electron chi connectivity index (χ3n) is 2.73. The molecule has 0 aliphatic carbocycles. The zero-order valence-electron chi connectivity index (χ0n) is 10.7. The summed E-state index contributed by atoms with van der Waals surface area (Å²) in [6, 6.07) is 9.01. The summed E-state index contributed by atoms with van der Waals surface area (Å²) in [5.41, 5.74) is -0.660. The molecule has 2 rings (SSSR count). The molecule has 0 spiro atoms. The second kappa shape index (κ2) is 5.54. The number of hydrogen-bond donors (Lipinski definition) is 1. The van der Waals surface area contributed by atoms with Gasteiger partial charge in [-0.3, -0.25) is 0 Å². The molecule has 7 heteroatoms. The van der Waals surface area contributed by atoms with Crippen LogP contribution >= 0.6 is 0 Å². The van der Waals surface area contributed by atoms with Gasteiger partial charge >= 0.3 is 6.18 Å². The van der Waals surface area contributed by atoms with Crippen molar-refractivity contribution in [1.29, 1.82) is 0 Å². The first-order chi connectivity index (χ1) is 9.43. The molecular formula is C13H13F3N2O2. The monoisotopic (exact) mass is 286 g/mol. The summed E-state index contributed by atoms with van der Waals surface area (Å²) in [6.45, 7) is -0.683. The Morgan fingerprint density at radius 3 is 2.45 bits per heavy atom. The van der Waals surface area contributed by atoms with Crippen molar-refractivity contribution in [1.82, 2.24) is 9.78 Å². The van der Waals surface area contributed by atoms with Crippen LogP contribution in [-0.4, -0.2) is 14.9 Å². The normalized spacial score (nSPS) is 11.7. The predicted molar refractivity (Wildman–Crippen MR) is 64.9 cm³/mol. The number of aliphatic hydroxyl groups excluding tert-OH is 1. The van der Waals surface area contributed by atoms with Crippen molar-refractivity contribution in [3.8, 4) is 5.88 Å². The van der Waals surface area contributed by atoms with Gasteiger partial charge in [0.2, 0.25) is 5.88 Å². The van der Waals surface area contributed by atoms with E-state index in [0.717, 1.165) is 10.2 Å². The number of aromatic nitrogens is 2. The van der Waals surface area contributed by atoms with E-state index in [4.69, 9.17) is 9.84 Å². The van der Waals surface area contributed by atoms with Crippen LogP contribution in [0.15, 0.2) is 30.3 Å². The van der Waals surface area contributed by atoms with Gasteiger partial charge in [0.05, 0.1) is 12.2 Å². The molecule has 108 valence electrons. The van der Waals surface area contributed by atoms with Gasteiger partial charge in [0.15, 0.2) is 5.69 Å². The van der Waals surface area contributed by atoms with Crippen molar-refractivity contribution < 1.29 is 23.0 Å². The SMILES string of the molecule is Cn1nc(C(F)(F)F)c(CO)c1OCc1ccccc1. The predicted octanol–water partition coefficient (Wildman–Crippen LogP) is 2.51. The molecule has 0 saturated heterocycles. The number of aryl methyl sites for hydroxylation is 1. The van der Waals surface area contributed by atoms with Crippen molar-refractivity contribution in [3.05, 3.63) is 47.2 Å². The Morgan fingerprint density at radius 1 is 1.25 bits per heavy atom. The molecule has 0 aliphatic heterocycles. The van der Waals surface area contributed by atoms with Crippen LogP contribution in [-0.2, 0) is 26.4 Å². The Kier molecular flexibility index (Phi) is 3.99. The number of ether oxygens (including phenoxy) is 1. The van der Waals surface area contributed by atoms with Gasteiger partial charge in [0, 0.05) is 7.05 Å². The molecule has 20 heavy (non-hydrogen) atoms. The molecule has 0 saturated carbocycles. The second-order valence-corrected chi connectivity index (χ2v) is 4.19. The van der Waals surface area contributed by atoms with Crippen LogP contribution in [0.1, 0.15) is 16.8 Å². The summed E-state index contributed by atoms with van der Waals surface area (Å²) in [6.07, 6.45) is -4.62. The average molecular weight is 286 g/mol. The number of benzene rings is 1. The zero-order valence-corrected chi connectivity index (χ0v) is 10.7. The number of rotatable bonds is 4. The first-order valence-electron chi connectivity index (χ1n) is 5.84. The number of nitrogens with zero attached hydrogens (tertiary/aromatic N) is 2. The molecule has 0 amide bonds. The molecule has 1 heterocycles. The number of aliphatic hydroxyl groups is 1. The van der Waals surface area contributed by atoms with Gasteiger partial charge in [0.25, 0.3) is 0 Å². The highest BCUT2D eigenvalue weighted by Crippen LogP contribution is 2.35. The highest BCUT2D eigenvalue weighted by atomic mass is 19.4. The number of halogens is 3. The minimum Gasteiger partial charge on any atom is -0.473 e. The first-order valence-corrected chi connectivity index (χ1v) is 5.84. The van der Waals surface area contributed by atoms with E-state index in [1.807, 2.05) is 6.07 Å². The van der Waals surface area contributed by atoms with Crippen molar-refractivity contribution in [3.63, 3.8) is 0 Å². The van der Waals surface area contributed by atoms with Crippen molar-refractivity contribution in [2.24, 2.45) is 7.05 Å². The number of hydrogen-bond acceptors (Lipinski definition) is 3. The van der Waals surface area contributed by atoms with Crippen LogP contribution < -0.4 is 4.74 Å². The highest BCUT2D eigenvalue weighted by molar-refractivity contribution is 5.33. The summed E-state index contributed by atoms with van der Waals surface area (Å²) in [5.74, 6) is -0.0799. The topological polar surface area (TPSA) is 47.3 Å². The maximum Gasteiger partial charge on any atom is 0.435 e. The van der Waals surface area contributed by atoms with Crippen molar-refractivity contribution in [2.45, 2.75) is 19.4 Å². The van der Waals surface area contributed by atoms with Crippen LogP contribution in [0.4, 0.5) is 13.2 Å². The molecule has 2 aromatic rings. The molecule has 0 radical (unpaired) electrons. The minimum atomic E-state index is -4.62. The van der Waals surface area contributed by atoms with Crippen molar-refractivity contribution in [2.75, 3.05) is 0 Å². The van der Waals surface area contributed by atoms with Gasteiger partial charge < -0.3 is 9.84 Å². The van der Waals surface area contributed by atoms with E-state index in [2.05, 4.69) is 5.10 Å². The van der Waals surface area contributed by atoms with E-state index in [1.54, 1.807) is 24.3 Å². The van der Waals surface area contributed by atoms with Gasteiger partial charge in [-0.1, -0.05) is 30.3 Å². The van der Waals surface area contributed by atoms with E-state index < -0.39 is 18.5 Å². The Morgan fingerprint density at radius 2 is 1.90 bits per heavy atom. The van der Waals surface area contributed by atoms with Crippen LogP contribution in [0, 0.1) is 0 Å². The first kappa shape index (κ1) is 14.4. The Balaban J connectivity index is 2.26. The lowest BCUT2D eigenvalue weighted by atomic mass is 10.2. The fraction of sp³-hybridized carbons (Fsp3) is 0.308. The average Bonchev–Trinajstić information content (AvgIpc) is 2.74. The number of alkyl halides is 3. The van der Waals surface area contributed by atoms with Crippen LogP contribution in [0.5, 0.6) is 5.88 Å². The molecule has 0 unspecified atom stereocenters. The van der Waals surface area contributed by atoms with E-state index in [1.165, 1.54) is 7.05 Å². The second-order valence-electron chi connectivity index (χ2n) is 4.19. The van der Waals surface area contributed by atoms with Gasteiger partial charge in [-0.15, -0.1) is 0 Å². The van der Waals surface area contributed by atoms with E-state index >= 15 is 0 Å². The van der Waals surface area contributed by atoms with Crippen LogP contribution in [0.25, 0.3) is 0 Å². The molecular weight excluding hydrogens is 273 g/mol. The lowest BCUT2D eigenvalue weighted by Crippen LogP contribution is -2.09. The van der Waals surface area contributed by atoms with Crippen LogP contribution in [0.2, 0.25) is 0 Å². The molecule has 1 aromatic carbocycles. The van der Waals surface area contributed by atoms with Gasteiger partial charge in [-0.25, -0.2) is 4.68 Å². The highest BCUT2D eigenvalue weighted by Gasteiger charge is 2.39. The van der Waals surface area contributed by atoms with E-state index in [9.17, 15) is 13.2 Å². The molecule has 1 aromatic heterocycles. The molecule has 0 atom stereocenters. The summed E-state index contributed by atoms with van der Waals surface area (Å²) >= 11 is 0. The molecule has 0 aliphatic rings. The molecule has 0 fully saturated rings. The van der Waals surface area contributed by atoms with E-state index in [0.29, 0.717) is 0 Å². The van der Waals surface area contributed by atoms with Crippen molar-refractivity contribution >= 4 is 0 Å². The molecule has 1 N–H and O–H groups in total. The Bertz CT molecular complexity index is 579. The van der Waals surface area contributed by atoms with Crippen LogP contribution in [0.3, 0.4) is 0 Å². The lowest BCUT2D eigenvalue weighted by Gasteiger charge is -2.08. The minimum absolute atomic E-state index is 0.0799. The Hall–Kier alpha value is -2.02. The fourth-order valence-electron chi connectivity index (χ4n) is 1.83. The smallest absolute Gasteiger partial charge is 0.435 e. The third kappa shape index (κ3) is 2.93. The quantitative estimate of drug-likeness (QED) is 0.939. The molecule has 0 bridgehead atoms. The maximum atomic E-state index is 12.7. The van der Waals surface area contributed by atoms with Gasteiger partial charge in [-0.2, -0.15) is 18.3 Å². The van der Waals surface area contributed by atoms with Gasteiger partial charge in [0.1, 0.15) is 6.61 Å². The zero-order chi connectivity index (χ0) is 14.8.